The van der Waals surface area contributed by atoms with E-state index in [0.717, 1.165) is 0 Å². The van der Waals surface area contributed by atoms with E-state index in [0.29, 0.717) is 5.02 Å². The molecule has 0 aromatic heterocycles. The maximum Gasteiger partial charge on any atom is 0.329 e. The molecular weight excluding hydrogens is 308 g/mol. The van der Waals surface area contributed by atoms with Gasteiger partial charge in [-0.25, -0.2) is 4.79 Å². The summed E-state index contributed by atoms with van der Waals surface area (Å²) in [5.41, 5.74) is -0.577. The summed E-state index contributed by atoms with van der Waals surface area (Å²) < 4.78 is 5.36. The van der Waals surface area contributed by atoms with Gasteiger partial charge in [0.25, 0.3) is 5.69 Å². The van der Waals surface area contributed by atoms with Crippen molar-refractivity contribution >= 4 is 28.9 Å². The molecule has 0 aliphatic rings. The minimum Gasteiger partial charge on any atom is -0.458 e. The van der Waals surface area contributed by atoms with Crippen LogP contribution in [0.4, 0.5) is 11.4 Å². The van der Waals surface area contributed by atoms with E-state index in [9.17, 15) is 14.9 Å². The predicted molar refractivity (Wildman–Crippen MR) is 86.2 cm³/mol. The average molecular weight is 329 g/mol. The maximum atomic E-state index is 12.3. The van der Waals surface area contributed by atoms with Crippen molar-refractivity contribution in [3.63, 3.8) is 0 Å². The van der Waals surface area contributed by atoms with Gasteiger partial charge in [0.05, 0.1) is 4.92 Å². The summed E-state index contributed by atoms with van der Waals surface area (Å²) in [6.45, 7) is 8.97. The molecule has 122 valence electrons. The zero-order valence-corrected chi connectivity index (χ0v) is 14.1. The van der Waals surface area contributed by atoms with Crippen LogP contribution >= 0.6 is 11.6 Å². The number of nitrogens with one attached hydrogen (secondary N) is 1. The van der Waals surface area contributed by atoms with Gasteiger partial charge in [-0.1, -0.05) is 25.4 Å². The molecule has 6 nitrogen and oxygen atoms in total. The number of esters is 1. The molecule has 0 aliphatic carbocycles. The first-order valence-corrected chi connectivity index (χ1v) is 7.32. The van der Waals surface area contributed by atoms with E-state index < -0.39 is 22.5 Å². The molecule has 1 unspecified atom stereocenters. The standard InChI is InChI=1S/C15H21ClN2O4/c1-9(2)13(14(19)22-15(3,4)5)17-11-8-10(16)6-7-12(11)18(20)21/h6-9,13,17H,1-5H3. The van der Waals surface area contributed by atoms with E-state index >= 15 is 0 Å². The fraction of sp³-hybridized carbons (Fsp3) is 0.533. The van der Waals surface area contributed by atoms with Crippen molar-refractivity contribution in [2.75, 3.05) is 5.32 Å². The van der Waals surface area contributed by atoms with Crippen LogP contribution in [0.2, 0.25) is 5.02 Å². The number of halogens is 1. The van der Waals surface area contributed by atoms with Crippen molar-refractivity contribution in [2.24, 2.45) is 5.92 Å². The highest BCUT2D eigenvalue weighted by atomic mass is 35.5. The van der Waals surface area contributed by atoms with Gasteiger partial charge < -0.3 is 10.1 Å². The summed E-state index contributed by atoms with van der Waals surface area (Å²) in [5, 5.41) is 14.3. The van der Waals surface area contributed by atoms with Crippen LogP contribution in [0, 0.1) is 16.0 Å². The molecule has 0 radical (unpaired) electrons. The number of carbonyl (C=O) groups excluding carboxylic acids is 1. The second-order valence-electron chi connectivity index (χ2n) is 6.32. The topological polar surface area (TPSA) is 81.5 Å². The highest BCUT2D eigenvalue weighted by molar-refractivity contribution is 6.31. The Balaban J connectivity index is 3.09. The lowest BCUT2D eigenvalue weighted by Crippen LogP contribution is -2.40. The van der Waals surface area contributed by atoms with Crippen LogP contribution in [0.5, 0.6) is 0 Å². The summed E-state index contributed by atoms with van der Waals surface area (Å²) in [7, 11) is 0. The van der Waals surface area contributed by atoms with Crippen molar-refractivity contribution < 1.29 is 14.5 Å². The zero-order chi connectivity index (χ0) is 17.1. The van der Waals surface area contributed by atoms with Crippen molar-refractivity contribution in [1.82, 2.24) is 0 Å². The van der Waals surface area contributed by atoms with Crippen molar-refractivity contribution in [2.45, 2.75) is 46.3 Å². The van der Waals surface area contributed by atoms with Gasteiger partial charge in [0.1, 0.15) is 17.3 Å². The molecule has 0 heterocycles. The average Bonchev–Trinajstić information content (AvgIpc) is 2.32. The Kier molecular flexibility index (Phi) is 5.77. The molecule has 22 heavy (non-hydrogen) atoms. The maximum absolute atomic E-state index is 12.3. The van der Waals surface area contributed by atoms with Crippen LogP contribution < -0.4 is 5.32 Å². The molecule has 0 saturated carbocycles. The fourth-order valence-corrected chi connectivity index (χ4v) is 1.99. The van der Waals surface area contributed by atoms with Crippen LogP contribution in [0.3, 0.4) is 0 Å². The molecule has 1 rings (SSSR count). The van der Waals surface area contributed by atoms with Gasteiger partial charge in [0.15, 0.2) is 0 Å². The number of anilines is 1. The fourth-order valence-electron chi connectivity index (χ4n) is 1.81. The van der Waals surface area contributed by atoms with Gasteiger partial charge in [0, 0.05) is 11.1 Å². The Morgan fingerprint density at radius 1 is 1.36 bits per heavy atom. The molecule has 7 heteroatoms. The van der Waals surface area contributed by atoms with Crippen molar-refractivity contribution in [3.05, 3.63) is 33.3 Å². The Hall–Kier alpha value is -1.82. The Morgan fingerprint density at radius 3 is 2.41 bits per heavy atom. The first kappa shape index (κ1) is 18.2. The summed E-state index contributed by atoms with van der Waals surface area (Å²) >= 11 is 5.89. The zero-order valence-electron chi connectivity index (χ0n) is 13.3. The summed E-state index contributed by atoms with van der Waals surface area (Å²) in [6, 6.07) is 3.45. The molecule has 1 atom stereocenters. The lowest BCUT2D eigenvalue weighted by molar-refractivity contribution is -0.384. The molecule has 1 aromatic carbocycles. The number of benzene rings is 1. The molecule has 0 fully saturated rings. The van der Waals surface area contributed by atoms with Crippen molar-refractivity contribution in [1.29, 1.82) is 0 Å². The second-order valence-corrected chi connectivity index (χ2v) is 6.75. The minimum atomic E-state index is -0.712. The van der Waals surface area contributed by atoms with Crippen LogP contribution in [0.15, 0.2) is 18.2 Å². The number of rotatable bonds is 5. The number of carbonyl (C=O) groups is 1. The van der Waals surface area contributed by atoms with Crippen LogP contribution in [0.25, 0.3) is 0 Å². The number of nitro groups is 1. The largest absolute Gasteiger partial charge is 0.458 e. The second kappa shape index (κ2) is 6.96. The normalized spacial score (nSPS) is 12.9. The van der Waals surface area contributed by atoms with Gasteiger partial charge >= 0.3 is 5.97 Å². The molecule has 0 saturated heterocycles. The van der Waals surface area contributed by atoms with Crippen LogP contribution in [-0.4, -0.2) is 22.5 Å². The minimum absolute atomic E-state index is 0.117. The lowest BCUT2D eigenvalue weighted by Gasteiger charge is -2.27. The van der Waals surface area contributed by atoms with E-state index in [1.54, 1.807) is 20.8 Å². The molecule has 0 aliphatic heterocycles. The molecule has 0 amide bonds. The van der Waals surface area contributed by atoms with E-state index in [1.807, 2.05) is 13.8 Å². The monoisotopic (exact) mass is 328 g/mol. The SMILES string of the molecule is CC(C)C(Nc1cc(Cl)ccc1[N+](=O)[O-])C(=O)OC(C)(C)C. The van der Waals surface area contributed by atoms with Gasteiger partial charge in [-0.3, -0.25) is 10.1 Å². The van der Waals surface area contributed by atoms with Crippen LogP contribution in [-0.2, 0) is 9.53 Å². The van der Waals surface area contributed by atoms with Gasteiger partial charge in [-0.05, 0) is 38.8 Å². The highest BCUT2D eigenvalue weighted by Gasteiger charge is 2.29. The third kappa shape index (κ3) is 5.18. The number of hydrogen-bond donors (Lipinski definition) is 1. The van der Waals surface area contributed by atoms with Gasteiger partial charge in [0.2, 0.25) is 0 Å². The van der Waals surface area contributed by atoms with E-state index in [-0.39, 0.29) is 17.3 Å². The molecular formula is C15H21ClN2O4. The van der Waals surface area contributed by atoms with Gasteiger partial charge in [-0.2, -0.15) is 0 Å². The number of nitro benzene ring substituents is 1. The van der Waals surface area contributed by atoms with Gasteiger partial charge in [-0.15, -0.1) is 0 Å². The molecule has 0 bridgehead atoms. The number of ether oxygens (including phenoxy) is 1. The Morgan fingerprint density at radius 2 is 1.95 bits per heavy atom. The number of nitrogens with zero attached hydrogens (tertiary/aromatic N) is 1. The summed E-state index contributed by atoms with van der Waals surface area (Å²) in [5.74, 6) is -0.579. The Bertz CT molecular complexity index is 567. The molecule has 1 N–H and O–H groups in total. The predicted octanol–water partition coefficient (Wildman–Crippen LogP) is 4.03. The summed E-state index contributed by atoms with van der Waals surface area (Å²) in [6.07, 6.45) is 0. The molecule has 1 aromatic rings. The lowest BCUT2D eigenvalue weighted by atomic mass is 10.0. The first-order valence-electron chi connectivity index (χ1n) is 6.94. The number of hydrogen-bond acceptors (Lipinski definition) is 5. The van der Waals surface area contributed by atoms with E-state index in [2.05, 4.69) is 5.32 Å². The van der Waals surface area contributed by atoms with E-state index in [4.69, 9.17) is 16.3 Å². The van der Waals surface area contributed by atoms with Crippen molar-refractivity contribution in [3.8, 4) is 0 Å². The molecule has 0 spiro atoms. The Labute approximate surface area is 134 Å². The first-order chi connectivity index (χ1) is 10.0. The van der Waals surface area contributed by atoms with Crippen LogP contribution in [0.1, 0.15) is 34.6 Å². The smallest absolute Gasteiger partial charge is 0.329 e. The highest BCUT2D eigenvalue weighted by Crippen LogP contribution is 2.29. The summed E-state index contributed by atoms with van der Waals surface area (Å²) in [4.78, 5) is 22.8. The third-order valence-corrected chi connectivity index (χ3v) is 3.03. The third-order valence-electron chi connectivity index (χ3n) is 2.79. The quantitative estimate of drug-likeness (QED) is 0.501. The van der Waals surface area contributed by atoms with E-state index in [1.165, 1.54) is 18.2 Å².